The summed E-state index contributed by atoms with van der Waals surface area (Å²) in [5.41, 5.74) is 0.938. The van der Waals surface area contributed by atoms with Crippen molar-refractivity contribution in [1.82, 2.24) is 4.90 Å². The second-order valence-electron chi connectivity index (χ2n) is 7.38. The highest BCUT2D eigenvalue weighted by molar-refractivity contribution is 5.83. The SMILES string of the molecule is CC(C)(C)OC(=O)N1CCN(c2ccc3c(CO)cc(=O)oc3c2)CC1. The van der Waals surface area contributed by atoms with Gasteiger partial charge in [-0.15, -0.1) is 0 Å². The van der Waals surface area contributed by atoms with Gasteiger partial charge in [-0.25, -0.2) is 9.59 Å². The molecular weight excluding hydrogens is 336 g/mol. The number of piperazine rings is 1. The Bertz CT molecular complexity index is 860. The summed E-state index contributed by atoms with van der Waals surface area (Å²) in [5, 5.41) is 10.1. The summed E-state index contributed by atoms with van der Waals surface area (Å²) < 4.78 is 10.7. The van der Waals surface area contributed by atoms with Crippen LogP contribution in [0.4, 0.5) is 10.5 Å². The van der Waals surface area contributed by atoms with Gasteiger partial charge in [0.15, 0.2) is 0 Å². The lowest BCUT2D eigenvalue weighted by Crippen LogP contribution is -2.50. The molecule has 26 heavy (non-hydrogen) atoms. The molecule has 7 heteroatoms. The molecule has 1 fully saturated rings. The molecule has 7 nitrogen and oxygen atoms in total. The average Bonchev–Trinajstić information content (AvgIpc) is 2.59. The van der Waals surface area contributed by atoms with E-state index in [1.807, 2.05) is 32.9 Å². The molecule has 0 aliphatic carbocycles. The zero-order valence-corrected chi connectivity index (χ0v) is 15.3. The molecule has 0 saturated carbocycles. The number of hydrogen-bond donors (Lipinski definition) is 1. The minimum Gasteiger partial charge on any atom is -0.444 e. The molecule has 0 radical (unpaired) electrons. The topological polar surface area (TPSA) is 83.2 Å². The molecule has 2 heterocycles. The normalized spacial score (nSPS) is 15.4. The van der Waals surface area contributed by atoms with Crippen molar-refractivity contribution in [3.05, 3.63) is 40.2 Å². The predicted molar refractivity (Wildman–Crippen MR) is 98.4 cm³/mol. The monoisotopic (exact) mass is 360 g/mol. The number of carbonyl (C=O) groups is 1. The second-order valence-corrected chi connectivity index (χ2v) is 7.38. The molecule has 3 rings (SSSR count). The minimum absolute atomic E-state index is 0.212. The van der Waals surface area contributed by atoms with E-state index in [9.17, 15) is 14.7 Å². The Labute approximate surface area is 151 Å². The van der Waals surface area contributed by atoms with Crippen molar-refractivity contribution in [2.24, 2.45) is 0 Å². The third-order valence-electron chi connectivity index (χ3n) is 4.28. The Morgan fingerprint density at radius 1 is 1.19 bits per heavy atom. The van der Waals surface area contributed by atoms with E-state index >= 15 is 0 Å². The summed E-state index contributed by atoms with van der Waals surface area (Å²) in [6, 6.07) is 6.89. The van der Waals surface area contributed by atoms with Gasteiger partial charge in [0.25, 0.3) is 0 Å². The van der Waals surface area contributed by atoms with E-state index in [-0.39, 0.29) is 12.7 Å². The van der Waals surface area contributed by atoms with Crippen molar-refractivity contribution in [1.29, 1.82) is 0 Å². The Hall–Kier alpha value is -2.54. The fourth-order valence-electron chi connectivity index (χ4n) is 3.02. The van der Waals surface area contributed by atoms with Gasteiger partial charge in [0, 0.05) is 49.4 Å². The van der Waals surface area contributed by atoms with Crippen molar-refractivity contribution in [2.75, 3.05) is 31.1 Å². The van der Waals surface area contributed by atoms with Crippen LogP contribution in [0.2, 0.25) is 0 Å². The zero-order chi connectivity index (χ0) is 18.9. The van der Waals surface area contributed by atoms with Crippen LogP contribution in [0.3, 0.4) is 0 Å². The van der Waals surface area contributed by atoms with Crippen LogP contribution in [0.15, 0.2) is 33.5 Å². The maximum Gasteiger partial charge on any atom is 0.410 e. The number of carbonyl (C=O) groups excluding carboxylic acids is 1. The van der Waals surface area contributed by atoms with Crippen molar-refractivity contribution in [2.45, 2.75) is 33.0 Å². The first-order valence-electron chi connectivity index (χ1n) is 8.67. The Kier molecular flexibility index (Phi) is 4.91. The minimum atomic E-state index is -0.505. The van der Waals surface area contributed by atoms with Gasteiger partial charge in [0.1, 0.15) is 11.2 Å². The summed E-state index contributed by atoms with van der Waals surface area (Å²) in [4.78, 5) is 27.6. The van der Waals surface area contributed by atoms with Crippen LogP contribution in [0.5, 0.6) is 0 Å². The first kappa shape index (κ1) is 18.3. The van der Waals surface area contributed by atoms with Gasteiger partial charge in [0.05, 0.1) is 6.61 Å². The molecule has 0 unspecified atom stereocenters. The van der Waals surface area contributed by atoms with Gasteiger partial charge >= 0.3 is 11.7 Å². The van der Waals surface area contributed by atoms with Crippen LogP contribution in [0.1, 0.15) is 26.3 Å². The van der Waals surface area contributed by atoms with E-state index in [0.29, 0.717) is 37.3 Å². The van der Waals surface area contributed by atoms with E-state index < -0.39 is 11.2 Å². The lowest BCUT2D eigenvalue weighted by Gasteiger charge is -2.36. The van der Waals surface area contributed by atoms with E-state index in [4.69, 9.17) is 9.15 Å². The van der Waals surface area contributed by atoms with E-state index in [1.165, 1.54) is 6.07 Å². The standard InChI is InChI=1S/C19H24N2O5/c1-19(2,3)26-18(24)21-8-6-20(7-9-21)14-4-5-15-13(12-22)10-17(23)25-16(15)11-14/h4-5,10-11,22H,6-9,12H2,1-3H3. The average molecular weight is 360 g/mol. The van der Waals surface area contributed by atoms with Crippen LogP contribution >= 0.6 is 0 Å². The number of rotatable bonds is 2. The molecule has 1 aromatic carbocycles. The quantitative estimate of drug-likeness (QED) is 0.828. The molecule has 1 amide bonds. The second kappa shape index (κ2) is 6.99. The number of anilines is 1. The largest absolute Gasteiger partial charge is 0.444 e. The van der Waals surface area contributed by atoms with Gasteiger partial charge < -0.3 is 24.1 Å². The van der Waals surface area contributed by atoms with Crippen molar-refractivity contribution in [3.8, 4) is 0 Å². The highest BCUT2D eigenvalue weighted by atomic mass is 16.6. The molecule has 0 bridgehead atoms. The molecule has 1 saturated heterocycles. The third kappa shape index (κ3) is 3.99. The van der Waals surface area contributed by atoms with Crippen LogP contribution in [0.25, 0.3) is 11.0 Å². The summed E-state index contributed by atoms with van der Waals surface area (Å²) in [7, 11) is 0. The predicted octanol–water partition coefficient (Wildman–Crippen LogP) is 2.34. The maximum absolute atomic E-state index is 12.2. The number of fused-ring (bicyclic) bond motifs is 1. The molecule has 1 aliphatic rings. The number of ether oxygens (including phenoxy) is 1. The molecular formula is C19H24N2O5. The van der Waals surface area contributed by atoms with Gasteiger partial charge in [-0.3, -0.25) is 0 Å². The summed E-state index contributed by atoms with van der Waals surface area (Å²) >= 11 is 0. The fraction of sp³-hybridized carbons (Fsp3) is 0.474. The number of nitrogens with zero attached hydrogens (tertiary/aromatic N) is 2. The molecule has 1 aliphatic heterocycles. The summed E-state index contributed by atoms with van der Waals surface area (Å²) in [5.74, 6) is 0. The number of hydrogen-bond acceptors (Lipinski definition) is 6. The number of aliphatic hydroxyl groups is 1. The van der Waals surface area contributed by atoms with Gasteiger partial charge in [0.2, 0.25) is 0 Å². The molecule has 0 spiro atoms. The number of amides is 1. The maximum atomic E-state index is 12.2. The molecule has 1 N–H and O–H groups in total. The lowest BCUT2D eigenvalue weighted by atomic mass is 10.1. The van der Waals surface area contributed by atoms with Crippen LogP contribution in [-0.2, 0) is 11.3 Å². The smallest absolute Gasteiger partial charge is 0.410 e. The van der Waals surface area contributed by atoms with Crippen LogP contribution in [-0.4, -0.2) is 47.9 Å². The molecule has 0 atom stereocenters. The van der Waals surface area contributed by atoms with Gasteiger partial charge in [-0.05, 0) is 38.5 Å². The van der Waals surface area contributed by atoms with Crippen LogP contribution in [0, 0.1) is 0 Å². The van der Waals surface area contributed by atoms with E-state index in [2.05, 4.69) is 4.90 Å². The molecule has 1 aromatic heterocycles. The highest BCUT2D eigenvalue weighted by Crippen LogP contribution is 2.25. The van der Waals surface area contributed by atoms with Crippen LogP contribution < -0.4 is 10.5 Å². The first-order valence-corrected chi connectivity index (χ1v) is 8.67. The Balaban J connectivity index is 1.73. The summed E-state index contributed by atoms with van der Waals surface area (Å²) in [6.07, 6.45) is -0.297. The fourth-order valence-corrected chi connectivity index (χ4v) is 3.02. The number of aliphatic hydroxyl groups excluding tert-OH is 1. The third-order valence-corrected chi connectivity index (χ3v) is 4.28. The lowest BCUT2D eigenvalue weighted by molar-refractivity contribution is 0.0240. The van der Waals surface area contributed by atoms with Crippen molar-refractivity contribution < 1.29 is 19.1 Å². The Morgan fingerprint density at radius 2 is 1.88 bits per heavy atom. The van der Waals surface area contributed by atoms with Crippen molar-refractivity contribution >= 4 is 22.7 Å². The van der Waals surface area contributed by atoms with Gasteiger partial charge in [-0.2, -0.15) is 0 Å². The van der Waals surface area contributed by atoms with Gasteiger partial charge in [-0.1, -0.05) is 0 Å². The Morgan fingerprint density at radius 3 is 2.50 bits per heavy atom. The number of benzene rings is 1. The zero-order valence-electron chi connectivity index (χ0n) is 15.3. The summed E-state index contributed by atoms with van der Waals surface area (Å²) in [6.45, 7) is 7.79. The highest BCUT2D eigenvalue weighted by Gasteiger charge is 2.26. The van der Waals surface area contributed by atoms with Crippen molar-refractivity contribution in [3.63, 3.8) is 0 Å². The van der Waals surface area contributed by atoms with E-state index in [1.54, 1.807) is 11.0 Å². The first-order chi connectivity index (χ1) is 12.3. The molecule has 140 valence electrons. The molecule has 2 aromatic rings. The van der Waals surface area contributed by atoms with E-state index in [0.717, 1.165) is 11.1 Å².